The van der Waals surface area contributed by atoms with Crippen LogP contribution < -0.4 is 5.32 Å². The highest BCUT2D eigenvalue weighted by Gasteiger charge is 2.21. The zero-order valence-corrected chi connectivity index (χ0v) is 10.9. The van der Waals surface area contributed by atoms with E-state index in [1.54, 1.807) is 4.90 Å². The van der Waals surface area contributed by atoms with Crippen molar-refractivity contribution in [2.75, 3.05) is 32.7 Å². The summed E-state index contributed by atoms with van der Waals surface area (Å²) in [5.41, 5.74) is 0. The van der Waals surface area contributed by atoms with Gasteiger partial charge >= 0.3 is 12.0 Å². The molecule has 0 spiro atoms. The van der Waals surface area contributed by atoms with Crippen LogP contribution in [0.1, 0.15) is 13.8 Å². The number of hydrogen-bond acceptors (Lipinski definition) is 3. The summed E-state index contributed by atoms with van der Waals surface area (Å²) in [5, 5.41) is 11.1. The first kappa shape index (κ1) is 14.5. The van der Waals surface area contributed by atoms with Gasteiger partial charge in [0.2, 0.25) is 0 Å². The molecule has 2 N–H and O–H groups in total. The fourth-order valence-electron chi connectivity index (χ4n) is 1.86. The number of carboxylic acids is 1. The molecule has 1 rings (SSSR count). The molecule has 0 unspecified atom stereocenters. The lowest BCUT2D eigenvalue weighted by molar-refractivity contribution is -0.131. The Hall–Kier alpha value is -1.56. The number of urea groups is 1. The average molecular weight is 255 g/mol. The molecule has 18 heavy (non-hydrogen) atoms. The normalized spacial score (nSPS) is 17.4. The minimum absolute atomic E-state index is 0.131. The summed E-state index contributed by atoms with van der Waals surface area (Å²) in [6, 6.07) is 0.377. The van der Waals surface area contributed by atoms with E-state index >= 15 is 0 Å². The van der Waals surface area contributed by atoms with Gasteiger partial charge in [-0.1, -0.05) is 6.08 Å². The second-order valence-electron chi connectivity index (χ2n) is 4.54. The van der Waals surface area contributed by atoms with E-state index < -0.39 is 5.97 Å². The number of carbonyl (C=O) groups excluding carboxylic acids is 1. The monoisotopic (exact) mass is 255 g/mol. The van der Waals surface area contributed by atoms with E-state index in [4.69, 9.17) is 5.11 Å². The van der Waals surface area contributed by atoms with Crippen molar-refractivity contribution in [1.29, 1.82) is 0 Å². The van der Waals surface area contributed by atoms with Gasteiger partial charge < -0.3 is 15.3 Å². The number of rotatable bonds is 4. The summed E-state index contributed by atoms with van der Waals surface area (Å²) in [7, 11) is 0. The molecule has 1 aliphatic rings. The Morgan fingerprint density at radius 1 is 1.28 bits per heavy atom. The van der Waals surface area contributed by atoms with Crippen LogP contribution in [0, 0.1) is 0 Å². The SMILES string of the molecule is CC(C)N1CCN(C(=O)NC/C=C/C(=O)O)CC1. The molecule has 1 aliphatic heterocycles. The van der Waals surface area contributed by atoms with Crippen LogP contribution in [0.25, 0.3) is 0 Å². The van der Waals surface area contributed by atoms with E-state index in [9.17, 15) is 9.59 Å². The van der Waals surface area contributed by atoms with Crippen molar-refractivity contribution in [2.45, 2.75) is 19.9 Å². The minimum Gasteiger partial charge on any atom is -0.478 e. The third-order valence-electron chi connectivity index (χ3n) is 2.96. The van der Waals surface area contributed by atoms with Crippen LogP contribution in [-0.2, 0) is 4.79 Å². The second kappa shape index (κ2) is 7.00. The lowest BCUT2D eigenvalue weighted by Crippen LogP contribution is -2.53. The quantitative estimate of drug-likeness (QED) is 0.712. The predicted molar refractivity (Wildman–Crippen MR) is 68.5 cm³/mol. The van der Waals surface area contributed by atoms with Crippen LogP contribution in [0.2, 0.25) is 0 Å². The van der Waals surface area contributed by atoms with E-state index in [0.29, 0.717) is 19.1 Å². The predicted octanol–water partition coefficient (Wildman–Crippen LogP) is 0.363. The Labute approximate surface area is 107 Å². The summed E-state index contributed by atoms with van der Waals surface area (Å²) in [6.07, 6.45) is 2.45. The Kier molecular flexibility index (Phi) is 5.64. The van der Waals surface area contributed by atoms with Crippen LogP contribution in [0.3, 0.4) is 0 Å². The lowest BCUT2D eigenvalue weighted by Gasteiger charge is -2.36. The third kappa shape index (κ3) is 4.75. The van der Waals surface area contributed by atoms with Crippen molar-refractivity contribution >= 4 is 12.0 Å². The van der Waals surface area contributed by atoms with Crippen molar-refractivity contribution in [3.8, 4) is 0 Å². The Balaban J connectivity index is 2.26. The van der Waals surface area contributed by atoms with Gasteiger partial charge in [-0.05, 0) is 13.8 Å². The topological polar surface area (TPSA) is 72.9 Å². The van der Waals surface area contributed by atoms with E-state index in [0.717, 1.165) is 19.2 Å². The largest absolute Gasteiger partial charge is 0.478 e. The fraction of sp³-hybridized carbons (Fsp3) is 0.667. The highest BCUT2D eigenvalue weighted by atomic mass is 16.4. The molecule has 6 heteroatoms. The molecule has 0 aromatic heterocycles. The first-order chi connectivity index (χ1) is 8.50. The molecule has 1 heterocycles. The van der Waals surface area contributed by atoms with Crippen LogP contribution in [0.5, 0.6) is 0 Å². The van der Waals surface area contributed by atoms with Crippen LogP contribution in [0.15, 0.2) is 12.2 Å². The number of nitrogens with zero attached hydrogens (tertiary/aromatic N) is 2. The molecule has 6 nitrogen and oxygen atoms in total. The van der Waals surface area contributed by atoms with Gasteiger partial charge in [0.05, 0.1) is 0 Å². The smallest absolute Gasteiger partial charge is 0.328 e. The Bertz CT molecular complexity index is 321. The highest BCUT2D eigenvalue weighted by Crippen LogP contribution is 2.05. The maximum Gasteiger partial charge on any atom is 0.328 e. The molecule has 0 saturated carbocycles. The standard InChI is InChI=1S/C12H21N3O3/c1-10(2)14-6-8-15(9-7-14)12(18)13-5-3-4-11(16)17/h3-4,10H,5-9H2,1-2H3,(H,13,18)(H,16,17)/b4-3+. The molecule has 0 aromatic carbocycles. The average Bonchev–Trinajstić information content (AvgIpc) is 2.34. The number of piperazine rings is 1. The zero-order chi connectivity index (χ0) is 13.5. The van der Waals surface area contributed by atoms with Gasteiger partial charge in [-0.2, -0.15) is 0 Å². The molecule has 0 atom stereocenters. The number of amides is 2. The summed E-state index contributed by atoms with van der Waals surface area (Å²) in [6.45, 7) is 7.74. The molecule has 0 bridgehead atoms. The van der Waals surface area contributed by atoms with Gasteiger partial charge in [0.1, 0.15) is 0 Å². The molecular formula is C12H21N3O3. The van der Waals surface area contributed by atoms with Crippen molar-refractivity contribution < 1.29 is 14.7 Å². The number of aliphatic carboxylic acids is 1. The second-order valence-corrected chi connectivity index (χ2v) is 4.54. The van der Waals surface area contributed by atoms with Crippen molar-refractivity contribution in [2.24, 2.45) is 0 Å². The summed E-state index contributed by atoms with van der Waals surface area (Å²) >= 11 is 0. The summed E-state index contributed by atoms with van der Waals surface area (Å²) in [5.74, 6) is -1.00. The van der Waals surface area contributed by atoms with Crippen LogP contribution >= 0.6 is 0 Å². The van der Waals surface area contributed by atoms with Crippen molar-refractivity contribution in [3.63, 3.8) is 0 Å². The van der Waals surface area contributed by atoms with Gasteiger partial charge in [-0.25, -0.2) is 9.59 Å². The van der Waals surface area contributed by atoms with Crippen molar-refractivity contribution in [1.82, 2.24) is 15.1 Å². The first-order valence-corrected chi connectivity index (χ1v) is 6.17. The number of nitrogens with one attached hydrogen (secondary N) is 1. The van der Waals surface area contributed by atoms with Gasteiger partial charge in [0.25, 0.3) is 0 Å². The Morgan fingerprint density at radius 2 is 1.89 bits per heavy atom. The number of carbonyl (C=O) groups is 2. The van der Waals surface area contributed by atoms with Crippen LogP contribution in [-0.4, -0.2) is 65.7 Å². The zero-order valence-electron chi connectivity index (χ0n) is 10.9. The maximum atomic E-state index is 11.7. The fourth-order valence-corrected chi connectivity index (χ4v) is 1.86. The van der Waals surface area contributed by atoms with Crippen LogP contribution in [0.4, 0.5) is 4.79 Å². The van der Waals surface area contributed by atoms with Crippen molar-refractivity contribution in [3.05, 3.63) is 12.2 Å². The first-order valence-electron chi connectivity index (χ1n) is 6.17. The summed E-state index contributed by atoms with van der Waals surface area (Å²) in [4.78, 5) is 26.0. The molecule has 0 radical (unpaired) electrons. The van der Waals surface area contributed by atoms with E-state index in [1.807, 2.05) is 0 Å². The number of hydrogen-bond donors (Lipinski definition) is 2. The minimum atomic E-state index is -1.00. The molecule has 0 aliphatic carbocycles. The maximum absolute atomic E-state index is 11.7. The highest BCUT2D eigenvalue weighted by molar-refractivity contribution is 5.80. The Morgan fingerprint density at radius 3 is 2.39 bits per heavy atom. The summed E-state index contributed by atoms with van der Waals surface area (Å²) < 4.78 is 0. The lowest BCUT2D eigenvalue weighted by atomic mass is 10.2. The van der Waals surface area contributed by atoms with E-state index in [2.05, 4.69) is 24.1 Å². The third-order valence-corrected chi connectivity index (χ3v) is 2.96. The van der Waals surface area contributed by atoms with Gasteiger partial charge in [0.15, 0.2) is 0 Å². The molecule has 2 amide bonds. The van der Waals surface area contributed by atoms with Gasteiger partial charge in [-0.15, -0.1) is 0 Å². The van der Waals surface area contributed by atoms with E-state index in [1.165, 1.54) is 6.08 Å². The number of carboxylic acid groups (broad SMARTS) is 1. The molecular weight excluding hydrogens is 234 g/mol. The van der Waals surface area contributed by atoms with E-state index in [-0.39, 0.29) is 12.6 Å². The molecule has 0 aromatic rings. The molecule has 1 saturated heterocycles. The van der Waals surface area contributed by atoms with Gasteiger partial charge in [0, 0.05) is 44.8 Å². The molecule has 1 fully saturated rings. The van der Waals surface area contributed by atoms with Gasteiger partial charge in [-0.3, -0.25) is 4.90 Å². The molecule has 102 valence electrons.